The summed E-state index contributed by atoms with van der Waals surface area (Å²) in [6.45, 7) is 8.81. The van der Waals surface area contributed by atoms with Crippen molar-refractivity contribution < 1.29 is 4.79 Å². The van der Waals surface area contributed by atoms with Gasteiger partial charge in [-0.15, -0.1) is 11.3 Å². The first-order valence-electron chi connectivity index (χ1n) is 6.58. The van der Waals surface area contributed by atoms with Crippen molar-refractivity contribution in [2.45, 2.75) is 39.5 Å². The lowest BCUT2D eigenvalue weighted by Gasteiger charge is -2.15. The Morgan fingerprint density at radius 1 is 1.16 bits per heavy atom. The van der Waals surface area contributed by atoms with Gasteiger partial charge in [0.25, 0.3) is 0 Å². The van der Waals surface area contributed by atoms with E-state index >= 15 is 0 Å². The Morgan fingerprint density at radius 3 is 2.42 bits per heavy atom. The number of thiazole rings is 1. The molecule has 2 aromatic rings. The molecular formula is C16H19NOS. The number of aromatic nitrogens is 1. The van der Waals surface area contributed by atoms with Gasteiger partial charge in [-0.25, -0.2) is 4.98 Å². The van der Waals surface area contributed by atoms with E-state index in [0.29, 0.717) is 16.8 Å². The van der Waals surface area contributed by atoms with Gasteiger partial charge in [-0.2, -0.15) is 0 Å². The van der Waals surface area contributed by atoms with Crippen LogP contribution in [-0.4, -0.2) is 11.3 Å². The van der Waals surface area contributed by atoms with Crippen molar-refractivity contribution >= 4 is 17.6 Å². The summed E-state index contributed by atoms with van der Waals surface area (Å²) in [6, 6.07) is 6.61. The predicted octanol–water partition coefficient (Wildman–Crippen LogP) is 4.87. The van der Waals surface area contributed by atoms with Crippen molar-refractivity contribution in [1.29, 1.82) is 0 Å². The molecule has 0 radical (unpaired) electrons. The summed E-state index contributed by atoms with van der Waals surface area (Å²) in [5.41, 5.74) is 3.88. The van der Waals surface area contributed by atoms with E-state index in [2.05, 4.69) is 50.9 Å². The molecule has 0 saturated carbocycles. The minimum Gasteiger partial charge on any atom is -0.295 e. The summed E-state index contributed by atoms with van der Waals surface area (Å²) in [7, 11) is 0. The van der Waals surface area contributed by atoms with Gasteiger partial charge in [0.05, 0.1) is 4.88 Å². The van der Waals surface area contributed by atoms with Crippen molar-refractivity contribution in [3.8, 4) is 10.4 Å². The van der Waals surface area contributed by atoms with Gasteiger partial charge in [0, 0.05) is 6.20 Å². The largest absolute Gasteiger partial charge is 0.295 e. The fourth-order valence-electron chi connectivity index (χ4n) is 2.11. The number of carbonyl (C=O) groups excluding carboxylic acids is 1. The zero-order valence-corrected chi connectivity index (χ0v) is 12.6. The van der Waals surface area contributed by atoms with Gasteiger partial charge in [0.2, 0.25) is 0 Å². The van der Waals surface area contributed by atoms with Crippen molar-refractivity contribution in [1.82, 2.24) is 4.98 Å². The molecule has 1 aromatic carbocycles. The van der Waals surface area contributed by atoms with Gasteiger partial charge in [-0.3, -0.25) is 4.79 Å². The fourth-order valence-corrected chi connectivity index (χ4v) is 2.89. The van der Waals surface area contributed by atoms with Crippen LogP contribution in [0.1, 0.15) is 60.5 Å². The molecule has 0 N–H and O–H groups in total. The molecule has 2 nitrogen and oxygen atoms in total. The Hall–Kier alpha value is -1.48. The molecule has 100 valence electrons. The molecule has 0 unspecified atom stereocenters. The van der Waals surface area contributed by atoms with E-state index in [1.54, 1.807) is 6.20 Å². The topological polar surface area (TPSA) is 30.0 Å². The van der Waals surface area contributed by atoms with Crippen LogP contribution in [0.3, 0.4) is 0 Å². The third-order valence-electron chi connectivity index (χ3n) is 3.25. The minimum absolute atomic E-state index is 0.454. The summed E-state index contributed by atoms with van der Waals surface area (Å²) in [4.78, 5) is 16.0. The molecule has 0 bridgehead atoms. The van der Waals surface area contributed by atoms with Gasteiger partial charge in [-0.05, 0) is 28.5 Å². The van der Waals surface area contributed by atoms with Crippen LogP contribution in [0.4, 0.5) is 0 Å². The second kappa shape index (κ2) is 5.66. The van der Waals surface area contributed by atoms with Crippen molar-refractivity contribution in [3.63, 3.8) is 0 Å². The van der Waals surface area contributed by atoms with Crippen LogP contribution in [-0.2, 0) is 0 Å². The second-order valence-electron chi connectivity index (χ2n) is 5.34. The zero-order chi connectivity index (χ0) is 14.0. The molecule has 0 aliphatic carbocycles. The molecule has 0 fully saturated rings. The van der Waals surface area contributed by atoms with Crippen LogP contribution in [0.25, 0.3) is 10.4 Å². The van der Waals surface area contributed by atoms with E-state index in [4.69, 9.17) is 0 Å². The maximum Gasteiger partial charge on any atom is 0.178 e. The number of hydrogen-bond acceptors (Lipinski definition) is 3. The van der Waals surface area contributed by atoms with E-state index in [9.17, 15) is 4.79 Å². The standard InChI is InChI=1S/C16H19NOS/c1-10(2)12-5-6-13(14(7-12)11(3)4)15-8-17-16(9-18)19-15/h5-11H,1-4H3. The third kappa shape index (κ3) is 2.92. The van der Waals surface area contributed by atoms with Crippen LogP contribution in [0.5, 0.6) is 0 Å². The fraction of sp³-hybridized carbons (Fsp3) is 0.375. The van der Waals surface area contributed by atoms with E-state index in [0.717, 1.165) is 11.2 Å². The first-order chi connectivity index (χ1) is 9.02. The Kier molecular flexibility index (Phi) is 4.15. The van der Waals surface area contributed by atoms with E-state index in [-0.39, 0.29) is 0 Å². The molecule has 0 atom stereocenters. The molecule has 19 heavy (non-hydrogen) atoms. The highest BCUT2D eigenvalue weighted by Gasteiger charge is 2.13. The molecule has 0 spiro atoms. The number of rotatable bonds is 4. The molecule has 0 aliphatic rings. The lowest BCUT2D eigenvalue weighted by atomic mass is 9.91. The quantitative estimate of drug-likeness (QED) is 0.744. The predicted molar refractivity (Wildman–Crippen MR) is 81.1 cm³/mol. The van der Waals surface area contributed by atoms with Gasteiger partial charge in [0.1, 0.15) is 0 Å². The van der Waals surface area contributed by atoms with Gasteiger partial charge >= 0.3 is 0 Å². The molecule has 3 heteroatoms. The Bertz CT molecular complexity index is 584. The monoisotopic (exact) mass is 273 g/mol. The summed E-state index contributed by atoms with van der Waals surface area (Å²) < 4.78 is 0. The molecular weight excluding hydrogens is 254 g/mol. The Labute approximate surface area is 118 Å². The van der Waals surface area contributed by atoms with Crippen LogP contribution in [0.15, 0.2) is 24.4 Å². The average molecular weight is 273 g/mol. The van der Waals surface area contributed by atoms with Crippen LogP contribution < -0.4 is 0 Å². The second-order valence-corrected chi connectivity index (χ2v) is 6.40. The van der Waals surface area contributed by atoms with Crippen molar-refractivity contribution in [2.24, 2.45) is 0 Å². The number of aldehydes is 1. The van der Waals surface area contributed by atoms with E-state index in [1.807, 2.05) is 0 Å². The summed E-state index contributed by atoms with van der Waals surface area (Å²) in [5, 5.41) is 0.539. The highest BCUT2D eigenvalue weighted by Crippen LogP contribution is 2.34. The summed E-state index contributed by atoms with van der Waals surface area (Å²) in [6.07, 6.45) is 2.61. The van der Waals surface area contributed by atoms with Gasteiger partial charge < -0.3 is 0 Å². The summed E-state index contributed by atoms with van der Waals surface area (Å²) in [5.74, 6) is 0.981. The average Bonchev–Trinajstić information content (AvgIpc) is 2.86. The smallest absolute Gasteiger partial charge is 0.178 e. The SMILES string of the molecule is CC(C)c1ccc(-c2cnc(C=O)s2)c(C(C)C)c1. The third-order valence-corrected chi connectivity index (χ3v) is 4.21. The molecule has 2 rings (SSSR count). The van der Waals surface area contributed by atoms with Gasteiger partial charge in [0.15, 0.2) is 11.3 Å². The van der Waals surface area contributed by atoms with Crippen LogP contribution in [0, 0.1) is 0 Å². The number of nitrogens with zero attached hydrogens (tertiary/aromatic N) is 1. The lowest BCUT2D eigenvalue weighted by molar-refractivity contribution is 0.112. The highest BCUT2D eigenvalue weighted by molar-refractivity contribution is 7.16. The first kappa shape index (κ1) is 13.9. The zero-order valence-electron chi connectivity index (χ0n) is 11.8. The molecule has 0 aliphatic heterocycles. The maximum absolute atomic E-state index is 10.8. The number of hydrogen-bond donors (Lipinski definition) is 0. The summed E-state index contributed by atoms with van der Waals surface area (Å²) >= 11 is 1.45. The van der Waals surface area contributed by atoms with Gasteiger partial charge in [-0.1, -0.05) is 45.9 Å². The molecule has 1 heterocycles. The Balaban J connectivity index is 2.52. The van der Waals surface area contributed by atoms with Crippen molar-refractivity contribution in [3.05, 3.63) is 40.5 Å². The lowest BCUT2D eigenvalue weighted by Crippen LogP contribution is -1.95. The normalized spacial score (nSPS) is 11.3. The molecule has 0 amide bonds. The Morgan fingerprint density at radius 2 is 1.89 bits per heavy atom. The minimum atomic E-state index is 0.454. The highest BCUT2D eigenvalue weighted by atomic mass is 32.1. The van der Waals surface area contributed by atoms with Crippen molar-refractivity contribution in [2.75, 3.05) is 0 Å². The number of benzene rings is 1. The maximum atomic E-state index is 10.8. The first-order valence-corrected chi connectivity index (χ1v) is 7.39. The van der Waals surface area contributed by atoms with E-state index < -0.39 is 0 Å². The van der Waals surface area contributed by atoms with Crippen LogP contribution in [0.2, 0.25) is 0 Å². The molecule has 0 saturated heterocycles. The number of carbonyl (C=O) groups is 1. The van der Waals surface area contributed by atoms with Crippen LogP contribution >= 0.6 is 11.3 Å². The van der Waals surface area contributed by atoms with E-state index in [1.165, 1.54) is 28.0 Å². The molecule has 1 aromatic heterocycles.